The summed E-state index contributed by atoms with van der Waals surface area (Å²) < 4.78 is 23.8. The number of rotatable bonds is 6. The predicted molar refractivity (Wildman–Crippen MR) is 73.3 cm³/mol. The molecule has 0 radical (unpaired) electrons. The van der Waals surface area contributed by atoms with Gasteiger partial charge >= 0.3 is 5.97 Å². The van der Waals surface area contributed by atoms with E-state index in [1.54, 1.807) is 0 Å². The first-order chi connectivity index (χ1) is 9.22. The normalized spacial score (nSPS) is 12.7. The Hall–Kier alpha value is -1.60. The van der Waals surface area contributed by atoms with Crippen LogP contribution in [0.2, 0.25) is 5.02 Å². The summed E-state index contributed by atoms with van der Waals surface area (Å²) >= 11 is 5.65. The number of hydrogen-bond donors (Lipinski definition) is 2. The van der Waals surface area contributed by atoms with Crippen molar-refractivity contribution < 1.29 is 23.1 Å². The molecule has 0 saturated heterocycles. The maximum absolute atomic E-state index is 11.9. The van der Waals surface area contributed by atoms with Gasteiger partial charge in [-0.15, -0.1) is 0 Å². The lowest BCUT2D eigenvalue weighted by Crippen LogP contribution is -2.35. The molecule has 1 atom stereocenters. The zero-order valence-electron chi connectivity index (χ0n) is 10.7. The van der Waals surface area contributed by atoms with Crippen LogP contribution in [-0.4, -0.2) is 37.7 Å². The molecule has 8 heteroatoms. The molecule has 1 rings (SSSR count). The van der Waals surface area contributed by atoms with Crippen LogP contribution in [0.15, 0.2) is 29.2 Å². The quantitative estimate of drug-likeness (QED) is 0.813. The molecule has 1 amide bonds. The van der Waals surface area contributed by atoms with Crippen molar-refractivity contribution in [3.63, 3.8) is 0 Å². The maximum Gasteiger partial charge on any atom is 0.308 e. The molecular formula is C12H14ClNO5S. The summed E-state index contributed by atoms with van der Waals surface area (Å²) in [5, 5.41) is 11.3. The Labute approximate surface area is 121 Å². The number of carbonyl (C=O) groups is 2. The smallest absolute Gasteiger partial charge is 0.308 e. The van der Waals surface area contributed by atoms with E-state index in [-0.39, 0.29) is 11.4 Å². The van der Waals surface area contributed by atoms with Crippen LogP contribution in [0.5, 0.6) is 0 Å². The van der Waals surface area contributed by atoms with Crippen LogP contribution in [0.4, 0.5) is 0 Å². The van der Waals surface area contributed by atoms with Crippen LogP contribution in [0, 0.1) is 5.92 Å². The molecule has 0 bridgehead atoms. The van der Waals surface area contributed by atoms with E-state index >= 15 is 0 Å². The molecule has 20 heavy (non-hydrogen) atoms. The van der Waals surface area contributed by atoms with Gasteiger partial charge in [0.15, 0.2) is 9.84 Å². The molecule has 0 aliphatic rings. The van der Waals surface area contributed by atoms with Crippen LogP contribution in [0.25, 0.3) is 0 Å². The van der Waals surface area contributed by atoms with E-state index in [2.05, 4.69) is 5.32 Å². The third-order valence-electron chi connectivity index (χ3n) is 2.52. The minimum absolute atomic E-state index is 0.0108. The van der Waals surface area contributed by atoms with Gasteiger partial charge in [0.05, 0.1) is 10.8 Å². The second kappa shape index (κ2) is 6.71. The molecule has 1 aromatic carbocycles. The first kappa shape index (κ1) is 16.5. The fourth-order valence-electron chi connectivity index (χ4n) is 1.30. The Morgan fingerprint density at radius 2 is 1.85 bits per heavy atom. The van der Waals surface area contributed by atoms with E-state index in [0.717, 1.165) is 0 Å². The van der Waals surface area contributed by atoms with Crippen molar-refractivity contribution in [3.05, 3.63) is 29.3 Å². The van der Waals surface area contributed by atoms with Crippen molar-refractivity contribution in [2.24, 2.45) is 5.92 Å². The van der Waals surface area contributed by atoms with Gasteiger partial charge < -0.3 is 10.4 Å². The van der Waals surface area contributed by atoms with Gasteiger partial charge in [0.2, 0.25) is 5.91 Å². The number of halogens is 1. The molecule has 6 nitrogen and oxygen atoms in total. The average molecular weight is 320 g/mol. The summed E-state index contributed by atoms with van der Waals surface area (Å²) in [5.41, 5.74) is 0. The zero-order chi connectivity index (χ0) is 15.3. The van der Waals surface area contributed by atoms with Crippen molar-refractivity contribution in [2.75, 3.05) is 12.3 Å². The van der Waals surface area contributed by atoms with E-state index in [9.17, 15) is 18.0 Å². The topological polar surface area (TPSA) is 101 Å². The summed E-state index contributed by atoms with van der Waals surface area (Å²) in [7, 11) is -3.76. The first-order valence-electron chi connectivity index (χ1n) is 5.70. The van der Waals surface area contributed by atoms with Gasteiger partial charge in [-0.2, -0.15) is 0 Å². The summed E-state index contributed by atoms with van der Waals surface area (Å²) in [4.78, 5) is 22.1. The summed E-state index contributed by atoms with van der Waals surface area (Å²) in [6.45, 7) is 1.29. The third-order valence-corrected chi connectivity index (χ3v) is 4.41. The first-order valence-corrected chi connectivity index (χ1v) is 7.73. The highest BCUT2D eigenvalue weighted by Crippen LogP contribution is 2.15. The zero-order valence-corrected chi connectivity index (χ0v) is 12.2. The van der Waals surface area contributed by atoms with Crippen molar-refractivity contribution in [1.82, 2.24) is 5.32 Å². The summed E-state index contributed by atoms with van der Waals surface area (Å²) in [5.74, 6) is -3.32. The second-order valence-electron chi connectivity index (χ2n) is 4.26. The van der Waals surface area contributed by atoms with Gasteiger partial charge in [0, 0.05) is 11.6 Å². The molecule has 0 fully saturated rings. The minimum atomic E-state index is -3.76. The number of carboxylic acids is 1. The average Bonchev–Trinajstić information content (AvgIpc) is 2.35. The van der Waals surface area contributed by atoms with Crippen LogP contribution in [0.3, 0.4) is 0 Å². The van der Waals surface area contributed by atoms with Crippen molar-refractivity contribution >= 4 is 33.3 Å². The number of carbonyl (C=O) groups excluding carboxylic acids is 1. The van der Waals surface area contributed by atoms with E-state index in [1.165, 1.54) is 31.2 Å². The number of nitrogens with one attached hydrogen (secondary N) is 1. The van der Waals surface area contributed by atoms with Crippen LogP contribution >= 0.6 is 11.6 Å². The largest absolute Gasteiger partial charge is 0.481 e. The Kier molecular flexibility index (Phi) is 5.52. The SMILES string of the molecule is CC(CNC(=O)CS(=O)(=O)c1ccc(Cl)cc1)C(=O)O. The third kappa shape index (κ3) is 4.82. The molecule has 0 aromatic heterocycles. The Bertz CT molecular complexity index is 597. The van der Waals surface area contributed by atoms with Gasteiger partial charge in [-0.05, 0) is 24.3 Å². The molecule has 2 N–H and O–H groups in total. The molecule has 110 valence electrons. The Morgan fingerprint density at radius 1 is 1.30 bits per heavy atom. The van der Waals surface area contributed by atoms with Crippen LogP contribution < -0.4 is 5.32 Å². The molecular weight excluding hydrogens is 306 g/mol. The highest BCUT2D eigenvalue weighted by Gasteiger charge is 2.20. The number of sulfone groups is 1. The van der Waals surface area contributed by atoms with Crippen molar-refractivity contribution in [3.8, 4) is 0 Å². The molecule has 0 aliphatic heterocycles. The van der Waals surface area contributed by atoms with Gasteiger partial charge in [-0.25, -0.2) is 8.42 Å². The lowest BCUT2D eigenvalue weighted by molar-refractivity contribution is -0.141. The number of aliphatic carboxylic acids is 1. The fourth-order valence-corrected chi connectivity index (χ4v) is 2.59. The van der Waals surface area contributed by atoms with Gasteiger partial charge in [-0.3, -0.25) is 9.59 Å². The number of hydrogen-bond acceptors (Lipinski definition) is 4. The monoisotopic (exact) mass is 319 g/mol. The molecule has 0 spiro atoms. The van der Waals surface area contributed by atoms with Gasteiger partial charge in [-0.1, -0.05) is 18.5 Å². The predicted octanol–water partition coefficient (Wildman–Crippen LogP) is 0.951. The maximum atomic E-state index is 11.9. The highest BCUT2D eigenvalue weighted by molar-refractivity contribution is 7.92. The van der Waals surface area contributed by atoms with Crippen LogP contribution in [-0.2, 0) is 19.4 Å². The number of benzene rings is 1. The Morgan fingerprint density at radius 3 is 2.35 bits per heavy atom. The standard InChI is InChI=1S/C12H14ClNO5S/c1-8(12(16)17)6-14-11(15)7-20(18,19)10-4-2-9(13)3-5-10/h2-5,8H,6-7H2,1H3,(H,14,15)(H,16,17). The molecule has 0 heterocycles. The molecule has 1 aromatic rings. The van der Waals surface area contributed by atoms with Gasteiger partial charge in [0.25, 0.3) is 0 Å². The lowest BCUT2D eigenvalue weighted by atomic mass is 10.2. The van der Waals surface area contributed by atoms with E-state index in [0.29, 0.717) is 5.02 Å². The van der Waals surface area contributed by atoms with Crippen molar-refractivity contribution in [2.45, 2.75) is 11.8 Å². The summed E-state index contributed by atoms with van der Waals surface area (Å²) in [6.07, 6.45) is 0. The second-order valence-corrected chi connectivity index (χ2v) is 6.68. The van der Waals surface area contributed by atoms with Gasteiger partial charge in [0.1, 0.15) is 5.75 Å². The number of amides is 1. The van der Waals surface area contributed by atoms with E-state index < -0.39 is 33.4 Å². The molecule has 0 aliphatic carbocycles. The summed E-state index contributed by atoms with van der Waals surface area (Å²) in [6, 6.07) is 5.45. The molecule has 0 saturated carbocycles. The van der Waals surface area contributed by atoms with E-state index in [1.807, 2.05) is 0 Å². The minimum Gasteiger partial charge on any atom is -0.481 e. The van der Waals surface area contributed by atoms with Crippen molar-refractivity contribution in [1.29, 1.82) is 0 Å². The lowest BCUT2D eigenvalue weighted by Gasteiger charge is -2.09. The van der Waals surface area contributed by atoms with Crippen LogP contribution in [0.1, 0.15) is 6.92 Å². The highest BCUT2D eigenvalue weighted by atomic mass is 35.5. The van der Waals surface area contributed by atoms with E-state index in [4.69, 9.17) is 16.7 Å². The fraction of sp³-hybridized carbons (Fsp3) is 0.333. The molecule has 1 unspecified atom stereocenters. The Balaban J connectivity index is 2.65. The number of carboxylic acid groups (broad SMARTS) is 1.